The molecule has 3 N–H and O–H groups in total. The molecule has 0 spiro atoms. The minimum absolute atomic E-state index is 0.328. The van der Waals surface area contributed by atoms with Gasteiger partial charge in [0.2, 0.25) is 0 Å². The molecule has 0 unspecified atom stereocenters. The number of likely N-dealkylation sites (tertiary alicyclic amines) is 1. The molecule has 0 saturated carbocycles. The van der Waals surface area contributed by atoms with Crippen LogP contribution in [0.25, 0.3) is 16.6 Å². The maximum atomic E-state index is 5.96. The van der Waals surface area contributed by atoms with Crippen molar-refractivity contribution in [2.24, 2.45) is 5.73 Å². The monoisotopic (exact) mass is 327 g/mol. The number of piperidine rings is 1. The number of para-hydroxylation sites is 1. The smallest absolute Gasteiger partial charge is 0.115 e. The number of nitrogens with one attached hydrogen (secondary N) is 1. The van der Waals surface area contributed by atoms with E-state index >= 15 is 0 Å². The Morgan fingerprint density at radius 3 is 2.75 bits per heavy atom. The van der Waals surface area contributed by atoms with Gasteiger partial charge in [-0.15, -0.1) is 0 Å². The lowest BCUT2D eigenvalue weighted by Gasteiger charge is -2.30. The van der Waals surface area contributed by atoms with Gasteiger partial charge >= 0.3 is 0 Å². The number of benzene rings is 1. The second kappa shape index (κ2) is 7.36. The van der Waals surface area contributed by atoms with Crippen molar-refractivity contribution in [3.05, 3.63) is 36.5 Å². The third-order valence-corrected chi connectivity index (χ3v) is 4.79. The Hall–Kier alpha value is -1.85. The summed E-state index contributed by atoms with van der Waals surface area (Å²) in [5, 5.41) is 9.41. The zero-order valence-corrected chi connectivity index (χ0v) is 14.8. The van der Waals surface area contributed by atoms with Crippen LogP contribution in [-0.4, -0.2) is 46.9 Å². The molecule has 1 aromatic carbocycles. The van der Waals surface area contributed by atoms with E-state index in [1.807, 2.05) is 0 Å². The number of rotatable bonds is 6. The Labute approximate surface area is 144 Å². The summed E-state index contributed by atoms with van der Waals surface area (Å²) in [6.07, 6.45) is 2.20. The largest absolute Gasteiger partial charge is 0.382 e. The van der Waals surface area contributed by atoms with Crippen LogP contribution < -0.4 is 11.1 Å². The fraction of sp³-hybridized carbons (Fsp3) is 0.526. The Bertz CT molecular complexity index is 695. The molecule has 1 saturated heterocycles. The van der Waals surface area contributed by atoms with Crippen molar-refractivity contribution in [2.75, 3.05) is 26.2 Å². The van der Waals surface area contributed by atoms with Gasteiger partial charge in [-0.1, -0.05) is 24.8 Å². The van der Waals surface area contributed by atoms with E-state index in [0.29, 0.717) is 12.1 Å². The van der Waals surface area contributed by atoms with Crippen LogP contribution in [0.4, 0.5) is 0 Å². The van der Waals surface area contributed by atoms with E-state index in [1.165, 1.54) is 0 Å². The van der Waals surface area contributed by atoms with Crippen LogP contribution in [0.5, 0.6) is 0 Å². The Morgan fingerprint density at radius 1 is 1.33 bits per heavy atom. The first-order chi connectivity index (χ1) is 11.6. The standard InChI is InChI=1S/C19H29N5/c1-14(2)24-18-7-5-4-6-17(18)19(22-24)15(3)21-10-13-23-11-8-16(20)9-12-23/h4-7,14,16,21H,3,8-13,20H2,1-2H3. The predicted molar refractivity (Wildman–Crippen MR) is 101 cm³/mol. The molecule has 1 aromatic heterocycles. The van der Waals surface area contributed by atoms with Crippen molar-refractivity contribution in [1.29, 1.82) is 0 Å². The molecule has 1 fully saturated rings. The van der Waals surface area contributed by atoms with E-state index in [-0.39, 0.29) is 0 Å². The van der Waals surface area contributed by atoms with Crippen molar-refractivity contribution in [3.8, 4) is 0 Å². The van der Waals surface area contributed by atoms with Crippen molar-refractivity contribution >= 4 is 16.6 Å². The number of hydrogen-bond donors (Lipinski definition) is 2. The molecule has 2 aromatic rings. The summed E-state index contributed by atoms with van der Waals surface area (Å²) in [7, 11) is 0. The average Bonchev–Trinajstić information content (AvgIpc) is 2.96. The van der Waals surface area contributed by atoms with Crippen molar-refractivity contribution < 1.29 is 0 Å². The molecular formula is C19H29N5. The van der Waals surface area contributed by atoms with Crippen molar-refractivity contribution in [2.45, 2.75) is 38.8 Å². The number of hydrogen-bond acceptors (Lipinski definition) is 4. The number of nitrogens with zero attached hydrogens (tertiary/aromatic N) is 3. The SMILES string of the molecule is C=C(NCCN1CCC(N)CC1)c1nn(C(C)C)c2ccccc12. The van der Waals surface area contributed by atoms with Gasteiger partial charge in [-0.25, -0.2) is 0 Å². The highest BCUT2D eigenvalue weighted by Crippen LogP contribution is 2.24. The summed E-state index contributed by atoms with van der Waals surface area (Å²) in [4.78, 5) is 2.47. The fourth-order valence-corrected chi connectivity index (χ4v) is 3.33. The summed E-state index contributed by atoms with van der Waals surface area (Å²) in [6, 6.07) is 9.07. The molecule has 0 radical (unpaired) electrons. The molecule has 5 heteroatoms. The van der Waals surface area contributed by atoms with Gasteiger partial charge in [0.25, 0.3) is 0 Å². The number of aromatic nitrogens is 2. The minimum Gasteiger partial charge on any atom is -0.382 e. The molecule has 0 bridgehead atoms. The molecule has 1 aliphatic heterocycles. The molecule has 130 valence electrons. The Morgan fingerprint density at radius 2 is 2.04 bits per heavy atom. The third-order valence-electron chi connectivity index (χ3n) is 4.79. The molecular weight excluding hydrogens is 298 g/mol. The summed E-state index contributed by atoms with van der Waals surface area (Å²) < 4.78 is 2.07. The summed E-state index contributed by atoms with van der Waals surface area (Å²) in [6.45, 7) is 12.6. The van der Waals surface area contributed by atoms with Gasteiger partial charge < -0.3 is 16.0 Å². The molecule has 0 aliphatic carbocycles. The molecule has 1 aliphatic rings. The van der Waals surface area contributed by atoms with E-state index in [4.69, 9.17) is 10.8 Å². The first-order valence-corrected chi connectivity index (χ1v) is 8.94. The van der Waals surface area contributed by atoms with E-state index in [2.05, 4.69) is 59.6 Å². The highest BCUT2D eigenvalue weighted by atomic mass is 15.3. The lowest BCUT2D eigenvalue weighted by Crippen LogP contribution is -2.42. The summed E-state index contributed by atoms with van der Waals surface area (Å²) in [5.74, 6) is 0. The molecule has 24 heavy (non-hydrogen) atoms. The van der Waals surface area contributed by atoms with E-state index in [1.54, 1.807) is 0 Å². The average molecular weight is 327 g/mol. The lowest BCUT2D eigenvalue weighted by atomic mass is 10.1. The molecule has 0 amide bonds. The van der Waals surface area contributed by atoms with Gasteiger partial charge in [-0.3, -0.25) is 4.68 Å². The third kappa shape index (κ3) is 3.62. The highest BCUT2D eigenvalue weighted by Gasteiger charge is 2.17. The van der Waals surface area contributed by atoms with Gasteiger partial charge in [-0.05, 0) is 45.8 Å². The number of fused-ring (bicyclic) bond motifs is 1. The lowest BCUT2D eigenvalue weighted by molar-refractivity contribution is 0.216. The summed E-state index contributed by atoms with van der Waals surface area (Å²) in [5.41, 5.74) is 8.99. The second-order valence-corrected chi connectivity index (χ2v) is 6.99. The topological polar surface area (TPSA) is 59.1 Å². The van der Waals surface area contributed by atoms with Crippen molar-refractivity contribution in [3.63, 3.8) is 0 Å². The second-order valence-electron chi connectivity index (χ2n) is 6.99. The van der Waals surface area contributed by atoms with Crippen LogP contribution >= 0.6 is 0 Å². The van der Waals surface area contributed by atoms with E-state index in [0.717, 1.165) is 61.3 Å². The van der Waals surface area contributed by atoms with Crippen LogP contribution in [0.1, 0.15) is 38.4 Å². The Kier molecular flexibility index (Phi) is 5.21. The highest BCUT2D eigenvalue weighted by molar-refractivity contribution is 5.89. The van der Waals surface area contributed by atoms with Gasteiger partial charge in [0.1, 0.15) is 5.69 Å². The van der Waals surface area contributed by atoms with Gasteiger partial charge in [0.15, 0.2) is 0 Å². The maximum absolute atomic E-state index is 5.96. The van der Waals surface area contributed by atoms with Crippen LogP contribution in [0.3, 0.4) is 0 Å². The fourth-order valence-electron chi connectivity index (χ4n) is 3.33. The predicted octanol–water partition coefficient (Wildman–Crippen LogP) is 2.60. The molecule has 5 nitrogen and oxygen atoms in total. The van der Waals surface area contributed by atoms with Gasteiger partial charge in [0, 0.05) is 30.6 Å². The van der Waals surface area contributed by atoms with E-state index in [9.17, 15) is 0 Å². The van der Waals surface area contributed by atoms with Crippen LogP contribution in [0.2, 0.25) is 0 Å². The van der Waals surface area contributed by atoms with Crippen LogP contribution in [0.15, 0.2) is 30.8 Å². The first kappa shape index (κ1) is 17.0. The molecule has 0 atom stereocenters. The molecule has 2 heterocycles. The van der Waals surface area contributed by atoms with Crippen LogP contribution in [0, 0.1) is 0 Å². The normalized spacial score (nSPS) is 16.8. The van der Waals surface area contributed by atoms with E-state index < -0.39 is 0 Å². The first-order valence-electron chi connectivity index (χ1n) is 8.94. The number of nitrogens with two attached hydrogens (primary N) is 1. The molecule has 3 rings (SSSR count). The van der Waals surface area contributed by atoms with Crippen LogP contribution in [-0.2, 0) is 0 Å². The zero-order chi connectivity index (χ0) is 17.1. The van der Waals surface area contributed by atoms with Gasteiger partial charge in [-0.2, -0.15) is 5.10 Å². The quantitative estimate of drug-likeness (QED) is 0.856. The maximum Gasteiger partial charge on any atom is 0.115 e. The summed E-state index contributed by atoms with van der Waals surface area (Å²) >= 11 is 0. The van der Waals surface area contributed by atoms with Gasteiger partial charge in [0.05, 0.1) is 11.2 Å². The minimum atomic E-state index is 0.328. The zero-order valence-electron chi connectivity index (χ0n) is 14.8. The van der Waals surface area contributed by atoms with Crippen molar-refractivity contribution in [1.82, 2.24) is 20.0 Å². The Balaban J connectivity index is 1.64.